The molecule has 1 rings (SSSR count). The molecular formula is C12H27N3O. The van der Waals surface area contributed by atoms with Crippen molar-refractivity contribution in [2.24, 2.45) is 11.7 Å². The molecule has 0 radical (unpaired) electrons. The van der Waals surface area contributed by atoms with Crippen molar-refractivity contribution in [2.45, 2.75) is 19.9 Å². The Kier molecular flexibility index (Phi) is 6.28. The fourth-order valence-electron chi connectivity index (χ4n) is 2.25. The molecule has 1 aliphatic heterocycles. The lowest BCUT2D eigenvalue weighted by Crippen LogP contribution is -2.51. The van der Waals surface area contributed by atoms with E-state index in [0.29, 0.717) is 12.0 Å². The molecule has 4 nitrogen and oxygen atoms in total. The van der Waals surface area contributed by atoms with Gasteiger partial charge in [-0.05, 0) is 19.4 Å². The second-order valence-electron chi connectivity index (χ2n) is 4.98. The van der Waals surface area contributed by atoms with Gasteiger partial charge in [0, 0.05) is 45.9 Å². The number of rotatable bonds is 6. The van der Waals surface area contributed by atoms with Gasteiger partial charge in [-0.25, -0.2) is 0 Å². The van der Waals surface area contributed by atoms with Gasteiger partial charge in [-0.15, -0.1) is 0 Å². The summed E-state index contributed by atoms with van der Waals surface area (Å²) in [6, 6.07) is 0.541. The SMILES string of the molecule is COCC(C)N1CCN(CC(C)CN)CC1. The molecule has 0 bridgehead atoms. The van der Waals surface area contributed by atoms with E-state index in [4.69, 9.17) is 10.5 Å². The molecule has 1 saturated heterocycles. The van der Waals surface area contributed by atoms with Crippen molar-refractivity contribution < 1.29 is 4.74 Å². The number of nitrogens with zero attached hydrogens (tertiary/aromatic N) is 2. The molecule has 2 atom stereocenters. The number of ether oxygens (including phenoxy) is 1. The summed E-state index contributed by atoms with van der Waals surface area (Å²) in [6.07, 6.45) is 0. The lowest BCUT2D eigenvalue weighted by Gasteiger charge is -2.38. The maximum absolute atomic E-state index is 5.65. The van der Waals surface area contributed by atoms with Gasteiger partial charge in [0.2, 0.25) is 0 Å². The highest BCUT2D eigenvalue weighted by molar-refractivity contribution is 4.77. The highest BCUT2D eigenvalue weighted by Crippen LogP contribution is 2.08. The van der Waals surface area contributed by atoms with Crippen LogP contribution in [0.3, 0.4) is 0 Å². The van der Waals surface area contributed by atoms with Crippen LogP contribution in [0.25, 0.3) is 0 Å². The van der Waals surface area contributed by atoms with E-state index in [1.807, 2.05) is 0 Å². The average molecular weight is 229 g/mol. The molecular weight excluding hydrogens is 202 g/mol. The molecule has 2 unspecified atom stereocenters. The van der Waals surface area contributed by atoms with Crippen LogP contribution in [0, 0.1) is 5.92 Å². The van der Waals surface area contributed by atoms with E-state index in [2.05, 4.69) is 23.6 Å². The number of piperazine rings is 1. The van der Waals surface area contributed by atoms with Crippen LogP contribution < -0.4 is 5.73 Å². The van der Waals surface area contributed by atoms with E-state index in [0.717, 1.165) is 32.8 Å². The molecule has 0 aliphatic carbocycles. The lowest BCUT2D eigenvalue weighted by molar-refractivity contribution is 0.0534. The minimum Gasteiger partial charge on any atom is -0.383 e. The second kappa shape index (κ2) is 7.22. The summed E-state index contributed by atoms with van der Waals surface area (Å²) in [5, 5.41) is 0. The molecule has 2 N–H and O–H groups in total. The zero-order valence-electron chi connectivity index (χ0n) is 11.0. The van der Waals surface area contributed by atoms with Gasteiger partial charge >= 0.3 is 0 Å². The summed E-state index contributed by atoms with van der Waals surface area (Å²) < 4.78 is 5.19. The van der Waals surface area contributed by atoms with Gasteiger partial charge in [0.25, 0.3) is 0 Å². The van der Waals surface area contributed by atoms with Crippen molar-refractivity contribution in [3.05, 3.63) is 0 Å². The second-order valence-corrected chi connectivity index (χ2v) is 4.98. The monoisotopic (exact) mass is 229 g/mol. The molecule has 0 saturated carbocycles. The van der Waals surface area contributed by atoms with E-state index >= 15 is 0 Å². The van der Waals surface area contributed by atoms with Crippen LogP contribution in [-0.4, -0.2) is 68.8 Å². The van der Waals surface area contributed by atoms with Crippen LogP contribution in [0.2, 0.25) is 0 Å². The van der Waals surface area contributed by atoms with E-state index in [9.17, 15) is 0 Å². The van der Waals surface area contributed by atoms with Crippen molar-refractivity contribution in [1.82, 2.24) is 9.80 Å². The van der Waals surface area contributed by atoms with Gasteiger partial charge in [0.1, 0.15) is 0 Å². The largest absolute Gasteiger partial charge is 0.383 e. The van der Waals surface area contributed by atoms with Gasteiger partial charge in [-0.1, -0.05) is 6.92 Å². The Labute approximate surface area is 99.7 Å². The Morgan fingerprint density at radius 3 is 2.31 bits per heavy atom. The predicted octanol–water partition coefficient (Wildman–Crippen LogP) is 0.234. The minimum atomic E-state index is 0.541. The van der Waals surface area contributed by atoms with Crippen molar-refractivity contribution in [3.8, 4) is 0 Å². The van der Waals surface area contributed by atoms with Crippen molar-refractivity contribution >= 4 is 0 Å². The fraction of sp³-hybridized carbons (Fsp3) is 1.00. The van der Waals surface area contributed by atoms with Gasteiger partial charge in [0.05, 0.1) is 6.61 Å². The number of hydrogen-bond acceptors (Lipinski definition) is 4. The first kappa shape index (κ1) is 13.9. The number of methoxy groups -OCH3 is 1. The van der Waals surface area contributed by atoms with Crippen LogP contribution in [0.5, 0.6) is 0 Å². The van der Waals surface area contributed by atoms with Crippen LogP contribution >= 0.6 is 0 Å². The van der Waals surface area contributed by atoms with Crippen molar-refractivity contribution in [1.29, 1.82) is 0 Å². The molecule has 96 valence electrons. The third kappa shape index (κ3) is 4.37. The Morgan fingerprint density at radius 2 is 1.81 bits per heavy atom. The molecule has 0 amide bonds. The van der Waals surface area contributed by atoms with E-state index in [1.165, 1.54) is 13.1 Å². The summed E-state index contributed by atoms with van der Waals surface area (Å²) in [5.74, 6) is 0.614. The molecule has 0 aromatic heterocycles. The standard InChI is InChI=1S/C12H27N3O/c1-11(8-13)9-14-4-6-15(7-5-14)12(2)10-16-3/h11-12H,4-10,13H2,1-3H3. The highest BCUT2D eigenvalue weighted by Gasteiger charge is 2.21. The topological polar surface area (TPSA) is 41.7 Å². The Balaban J connectivity index is 2.23. The molecule has 0 spiro atoms. The maximum Gasteiger partial charge on any atom is 0.0615 e. The maximum atomic E-state index is 5.65. The molecule has 0 aromatic carbocycles. The molecule has 1 heterocycles. The smallest absolute Gasteiger partial charge is 0.0615 e. The van der Waals surface area contributed by atoms with Gasteiger partial charge in [0.15, 0.2) is 0 Å². The fourth-order valence-corrected chi connectivity index (χ4v) is 2.25. The summed E-state index contributed by atoms with van der Waals surface area (Å²) >= 11 is 0. The van der Waals surface area contributed by atoms with E-state index in [-0.39, 0.29) is 0 Å². The molecule has 1 fully saturated rings. The number of nitrogens with two attached hydrogens (primary N) is 1. The minimum absolute atomic E-state index is 0.541. The molecule has 16 heavy (non-hydrogen) atoms. The average Bonchev–Trinajstić information content (AvgIpc) is 2.30. The van der Waals surface area contributed by atoms with Crippen molar-refractivity contribution in [2.75, 3.05) is 53.0 Å². The quantitative estimate of drug-likeness (QED) is 0.708. The van der Waals surface area contributed by atoms with Crippen LogP contribution in [0.15, 0.2) is 0 Å². The Morgan fingerprint density at radius 1 is 1.19 bits per heavy atom. The first-order valence-electron chi connectivity index (χ1n) is 6.32. The first-order chi connectivity index (χ1) is 7.67. The van der Waals surface area contributed by atoms with Crippen LogP contribution in [0.1, 0.15) is 13.8 Å². The van der Waals surface area contributed by atoms with Crippen LogP contribution in [-0.2, 0) is 4.74 Å². The normalized spacial score (nSPS) is 23.2. The van der Waals surface area contributed by atoms with Crippen molar-refractivity contribution in [3.63, 3.8) is 0 Å². The highest BCUT2D eigenvalue weighted by atomic mass is 16.5. The molecule has 0 aromatic rings. The lowest BCUT2D eigenvalue weighted by atomic mass is 10.1. The summed E-state index contributed by atoms with van der Waals surface area (Å²) in [5.41, 5.74) is 5.65. The predicted molar refractivity (Wildman–Crippen MR) is 67.6 cm³/mol. The third-order valence-corrected chi connectivity index (χ3v) is 3.41. The summed E-state index contributed by atoms with van der Waals surface area (Å²) in [7, 11) is 1.77. The van der Waals surface area contributed by atoms with E-state index in [1.54, 1.807) is 7.11 Å². The zero-order valence-corrected chi connectivity index (χ0v) is 11.0. The Hall–Kier alpha value is -0.160. The van der Waals surface area contributed by atoms with Gasteiger partial charge in [-0.2, -0.15) is 0 Å². The Bertz CT molecular complexity index is 181. The van der Waals surface area contributed by atoms with E-state index < -0.39 is 0 Å². The first-order valence-corrected chi connectivity index (χ1v) is 6.32. The summed E-state index contributed by atoms with van der Waals surface area (Å²) in [6.45, 7) is 11.9. The van der Waals surface area contributed by atoms with Crippen LogP contribution in [0.4, 0.5) is 0 Å². The summed E-state index contributed by atoms with van der Waals surface area (Å²) in [4.78, 5) is 5.03. The molecule has 1 aliphatic rings. The van der Waals surface area contributed by atoms with Gasteiger partial charge < -0.3 is 15.4 Å². The third-order valence-electron chi connectivity index (χ3n) is 3.41. The zero-order chi connectivity index (χ0) is 12.0. The molecule has 4 heteroatoms. The van der Waals surface area contributed by atoms with Gasteiger partial charge in [-0.3, -0.25) is 4.90 Å². The number of hydrogen-bond donors (Lipinski definition) is 1.